The van der Waals surface area contributed by atoms with E-state index in [1.165, 1.54) is 7.11 Å². The molecule has 0 aliphatic rings. The number of hydrogen-bond donors (Lipinski definition) is 3. The van der Waals surface area contributed by atoms with Crippen molar-refractivity contribution in [3.63, 3.8) is 0 Å². The number of unbranched alkanes of at least 4 members (excludes halogenated alkanes) is 2. The summed E-state index contributed by atoms with van der Waals surface area (Å²) < 4.78 is 4.55. The van der Waals surface area contributed by atoms with Gasteiger partial charge in [-0.3, -0.25) is 19.2 Å². The van der Waals surface area contributed by atoms with E-state index >= 15 is 0 Å². The molecular weight excluding hydrogens is 352 g/mol. The van der Waals surface area contributed by atoms with Gasteiger partial charge < -0.3 is 20.5 Å². The monoisotopic (exact) mass is 378 g/mol. The number of carboxylic acid groups (broad SMARTS) is 1. The van der Waals surface area contributed by atoms with E-state index in [1.807, 2.05) is 30.3 Å². The van der Waals surface area contributed by atoms with Crippen molar-refractivity contribution in [2.45, 2.75) is 44.6 Å². The predicted octanol–water partition coefficient (Wildman–Crippen LogP) is 1.04. The number of rotatable bonds is 12. The van der Waals surface area contributed by atoms with Gasteiger partial charge in [-0.1, -0.05) is 36.8 Å². The van der Waals surface area contributed by atoms with E-state index in [0.717, 1.165) is 5.56 Å². The van der Waals surface area contributed by atoms with Gasteiger partial charge in [0.25, 0.3) is 0 Å². The van der Waals surface area contributed by atoms with Gasteiger partial charge in [-0.05, 0) is 18.4 Å². The maximum absolute atomic E-state index is 12.2. The number of methoxy groups -OCH3 is 1. The van der Waals surface area contributed by atoms with Crippen LogP contribution < -0.4 is 10.6 Å². The van der Waals surface area contributed by atoms with Crippen LogP contribution in [-0.2, 0) is 30.3 Å². The fourth-order valence-electron chi connectivity index (χ4n) is 2.45. The third kappa shape index (κ3) is 9.98. The van der Waals surface area contributed by atoms with Crippen LogP contribution in [0.3, 0.4) is 0 Å². The molecule has 27 heavy (non-hydrogen) atoms. The minimum Gasteiger partial charge on any atom is -0.480 e. The van der Waals surface area contributed by atoms with E-state index in [2.05, 4.69) is 15.4 Å². The van der Waals surface area contributed by atoms with Gasteiger partial charge in [-0.25, -0.2) is 0 Å². The third-order valence-electron chi connectivity index (χ3n) is 3.86. The summed E-state index contributed by atoms with van der Waals surface area (Å²) >= 11 is 0. The van der Waals surface area contributed by atoms with Crippen molar-refractivity contribution in [3.05, 3.63) is 35.9 Å². The Kier molecular flexibility index (Phi) is 10.2. The molecule has 8 heteroatoms. The summed E-state index contributed by atoms with van der Waals surface area (Å²) in [5.41, 5.74) is 0.853. The van der Waals surface area contributed by atoms with E-state index in [9.17, 15) is 19.2 Å². The second-order valence-electron chi connectivity index (χ2n) is 6.06. The Morgan fingerprint density at radius 2 is 1.70 bits per heavy atom. The maximum atomic E-state index is 12.2. The highest BCUT2D eigenvalue weighted by Crippen LogP contribution is 2.06. The fraction of sp³-hybridized carbons (Fsp3) is 0.474. The topological polar surface area (TPSA) is 122 Å². The number of aliphatic carboxylic acids is 1. The Hall–Kier alpha value is -2.90. The number of amides is 2. The first-order valence-electron chi connectivity index (χ1n) is 8.82. The molecule has 1 rings (SSSR count). The lowest BCUT2D eigenvalue weighted by atomic mass is 10.0. The van der Waals surface area contributed by atoms with Gasteiger partial charge in [0, 0.05) is 19.3 Å². The molecule has 0 aliphatic carbocycles. The molecule has 0 aromatic heterocycles. The van der Waals surface area contributed by atoms with Gasteiger partial charge in [-0.2, -0.15) is 0 Å². The number of carboxylic acids is 1. The van der Waals surface area contributed by atoms with Gasteiger partial charge in [0.1, 0.15) is 12.6 Å². The standard InChI is InChI=1S/C19H26N2O6/c1-27-18(25)11-7-3-6-10-16(22)21-15(19(26)20-13-17(23)24)12-14-8-4-2-5-9-14/h2,4-5,8-9,15H,3,6-7,10-13H2,1H3,(H,20,26)(H,21,22)(H,23,24)/t15-/m0/s1. The number of hydrogen-bond acceptors (Lipinski definition) is 5. The van der Waals surface area contributed by atoms with Crippen LogP contribution in [0.2, 0.25) is 0 Å². The van der Waals surface area contributed by atoms with E-state index in [0.29, 0.717) is 25.7 Å². The fourth-order valence-corrected chi connectivity index (χ4v) is 2.45. The van der Waals surface area contributed by atoms with E-state index < -0.39 is 24.5 Å². The number of ether oxygens (including phenoxy) is 1. The molecular formula is C19H26N2O6. The van der Waals surface area contributed by atoms with Crippen molar-refractivity contribution in [1.29, 1.82) is 0 Å². The number of carbonyl (C=O) groups excluding carboxylic acids is 3. The average molecular weight is 378 g/mol. The summed E-state index contributed by atoms with van der Waals surface area (Å²) in [6.45, 7) is -0.506. The highest BCUT2D eigenvalue weighted by atomic mass is 16.5. The van der Waals surface area contributed by atoms with E-state index in [1.54, 1.807) is 0 Å². The molecule has 0 saturated carbocycles. The summed E-state index contributed by atoms with van der Waals surface area (Å²) in [4.78, 5) is 46.0. The first-order chi connectivity index (χ1) is 12.9. The lowest BCUT2D eigenvalue weighted by molar-refractivity contribution is -0.140. The Labute approximate surface area is 158 Å². The van der Waals surface area contributed by atoms with Crippen molar-refractivity contribution in [1.82, 2.24) is 10.6 Å². The molecule has 0 radical (unpaired) electrons. The van der Waals surface area contributed by atoms with Crippen LogP contribution in [0.4, 0.5) is 0 Å². The van der Waals surface area contributed by atoms with Crippen LogP contribution in [-0.4, -0.2) is 48.6 Å². The molecule has 0 bridgehead atoms. The van der Waals surface area contributed by atoms with Crippen LogP contribution in [0.15, 0.2) is 30.3 Å². The average Bonchev–Trinajstić information content (AvgIpc) is 2.65. The third-order valence-corrected chi connectivity index (χ3v) is 3.86. The summed E-state index contributed by atoms with van der Waals surface area (Å²) in [5.74, 6) is -2.27. The quantitative estimate of drug-likeness (QED) is 0.369. The molecule has 1 aromatic carbocycles. The largest absolute Gasteiger partial charge is 0.480 e. The normalized spacial score (nSPS) is 11.3. The van der Waals surface area contributed by atoms with Crippen LogP contribution in [0.1, 0.15) is 37.7 Å². The first kappa shape index (κ1) is 22.1. The molecule has 0 unspecified atom stereocenters. The van der Waals surface area contributed by atoms with Crippen LogP contribution >= 0.6 is 0 Å². The zero-order chi connectivity index (χ0) is 20.1. The molecule has 1 aromatic rings. The van der Waals surface area contributed by atoms with E-state index in [-0.39, 0.29) is 24.7 Å². The van der Waals surface area contributed by atoms with Crippen molar-refractivity contribution in [2.24, 2.45) is 0 Å². The van der Waals surface area contributed by atoms with Crippen LogP contribution in [0, 0.1) is 0 Å². The smallest absolute Gasteiger partial charge is 0.322 e. The molecule has 148 valence electrons. The van der Waals surface area contributed by atoms with Crippen molar-refractivity contribution >= 4 is 23.8 Å². The Morgan fingerprint density at radius 1 is 1.04 bits per heavy atom. The number of benzene rings is 1. The SMILES string of the molecule is COC(=O)CCCCCC(=O)N[C@@H](Cc1ccccc1)C(=O)NCC(=O)O. The predicted molar refractivity (Wildman–Crippen MR) is 97.8 cm³/mol. The van der Waals surface area contributed by atoms with E-state index in [4.69, 9.17) is 5.11 Å². The second kappa shape index (κ2) is 12.5. The Balaban J connectivity index is 2.51. The highest BCUT2D eigenvalue weighted by Gasteiger charge is 2.21. The van der Waals surface area contributed by atoms with Crippen LogP contribution in [0.5, 0.6) is 0 Å². The van der Waals surface area contributed by atoms with Gasteiger partial charge in [-0.15, -0.1) is 0 Å². The lowest BCUT2D eigenvalue weighted by Crippen LogP contribution is -2.49. The van der Waals surface area contributed by atoms with Gasteiger partial charge >= 0.3 is 11.9 Å². The molecule has 0 heterocycles. The molecule has 0 fully saturated rings. The minimum absolute atomic E-state index is 0.221. The van der Waals surface area contributed by atoms with Gasteiger partial charge in [0.05, 0.1) is 7.11 Å². The number of esters is 1. The molecule has 0 saturated heterocycles. The number of nitrogens with one attached hydrogen (secondary N) is 2. The highest BCUT2D eigenvalue weighted by molar-refractivity contribution is 5.89. The molecule has 2 amide bonds. The molecule has 1 atom stereocenters. The molecule has 8 nitrogen and oxygen atoms in total. The van der Waals surface area contributed by atoms with Crippen LogP contribution in [0.25, 0.3) is 0 Å². The molecule has 0 spiro atoms. The van der Waals surface area contributed by atoms with Crippen molar-refractivity contribution in [3.8, 4) is 0 Å². The summed E-state index contributed by atoms with van der Waals surface area (Å²) in [7, 11) is 1.33. The zero-order valence-corrected chi connectivity index (χ0v) is 15.4. The first-order valence-corrected chi connectivity index (χ1v) is 8.82. The van der Waals surface area contributed by atoms with Crippen molar-refractivity contribution < 1.29 is 29.0 Å². The molecule has 3 N–H and O–H groups in total. The maximum Gasteiger partial charge on any atom is 0.322 e. The zero-order valence-electron chi connectivity index (χ0n) is 15.4. The summed E-state index contributed by atoms with van der Waals surface area (Å²) in [5, 5.41) is 13.7. The van der Waals surface area contributed by atoms with Gasteiger partial charge in [0.2, 0.25) is 11.8 Å². The lowest BCUT2D eigenvalue weighted by Gasteiger charge is -2.18. The Bertz CT molecular complexity index is 632. The second-order valence-corrected chi connectivity index (χ2v) is 6.06. The van der Waals surface area contributed by atoms with Gasteiger partial charge in [0.15, 0.2) is 0 Å². The minimum atomic E-state index is -1.15. The number of carbonyl (C=O) groups is 4. The molecule has 0 aliphatic heterocycles. The summed E-state index contributed by atoms with van der Waals surface area (Å²) in [6, 6.07) is 8.30. The summed E-state index contributed by atoms with van der Waals surface area (Å²) in [6.07, 6.45) is 2.70. The Morgan fingerprint density at radius 3 is 2.33 bits per heavy atom. The van der Waals surface area contributed by atoms with Crippen molar-refractivity contribution in [2.75, 3.05) is 13.7 Å².